The van der Waals surface area contributed by atoms with Gasteiger partial charge in [0, 0.05) is 32.1 Å². The van der Waals surface area contributed by atoms with Gasteiger partial charge in [0.1, 0.15) is 11.2 Å². The van der Waals surface area contributed by atoms with Crippen LogP contribution in [0.1, 0.15) is 25.0 Å². The van der Waals surface area contributed by atoms with E-state index in [4.69, 9.17) is 4.42 Å². The Hall–Kier alpha value is -4.65. The molecule has 0 unspecified atom stereocenters. The Kier molecular flexibility index (Phi) is 5.48. The van der Waals surface area contributed by atoms with Gasteiger partial charge in [-0.15, -0.1) is 0 Å². The minimum Gasteiger partial charge on any atom is -0.456 e. The Morgan fingerprint density at radius 2 is 1.07 bits per heavy atom. The van der Waals surface area contributed by atoms with E-state index in [-0.39, 0.29) is 5.41 Å². The summed E-state index contributed by atoms with van der Waals surface area (Å²) in [4.78, 5) is 0. The molecule has 0 saturated heterocycles. The minimum atomic E-state index is -3.01. The van der Waals surface area contributed by atoms with E-state index in [0.29, 0.717) is 0 Å². The molecule has 1 aliphatic carbocycles. The molecule has 0 bridgehead atoms. The van der Waals surface area contributed by atoms with Crippen LogP contribution < -0.4 is 15.9 Å². The molecular formula is C39H29O2P. The van der Waals surface area contributed by atoms with Crippen molar-refractivity contribution in [2.24, 2.45) is 0 Å². The molecule has 8 rings (SSSR count). The molecule has 0 atom stereocenters. The fourth-order valence-corrected chi connectivity index (χ4v) is 9.38. The van der Waals surface area contributed by atoms with Crippen LogP contribution >= 0.6 is 7.14 Å². The number of benzene rings is 6. The van der Waals surface area contributed by atoms with Gasteiger partial charge < -0.3 is 8.98 Å². The minimum absolute atomic E-state index is 0.0646. The maximum absolute atomic E-state index is 14.7. The lowest BCUT2D eigenvalue weighted by molar-refractivity contribution is 0.592. The van der Waals surface area contributed by atoms with E-state index < -0.39 is 7.14 Å². The van der Waals surface area contributed by atoms with Crippen molar-refractivity contribution in [3.05, 3.63) is 151 Å². The van der Waals surface area contributed by atoms with E-state index in [0.717, 1.165) is 49.0 Å². The quantitative estimate of drug-likeness (QED) is 0.201. The van der Waals surface area contributed by atoms with Crippen molar-refractivity contribution in [3.8, 4) is 22.3 Å². The van der Waals surface area contributed by atoms with Crippen molar-refractivity contribution in [1.82, 2.24) is 0 Å². The predicted octanol–water partition coefficient (Wildman–Crippen LogP) is 9.20. The molecule has 0 spiro atoms. The molecule has 6 aromatic carbocycles. The second-order valence-electron chi connectivity index (χ2n) is 11.7. The smallest absolute Gasteiger partial charge is 0.171 e. The van der Waals surface area contributed by atoms with Crippen LogP contribution in [-0.2, 0) is 9.98 Å². The Balaban J connectivity index is 1.21. The molecule has 3 heteroatoms. The molecule has 42 heavy (non-hydrogen) atoms. The summed E-state index contributed by atoms with van der Waals surface area (Å²) >= 11 is 0. The molecule has 0 amide bonds. The molecule has 202 valence electrons. The second kappa shape index (κ2) is 9.18. The van der Waals surface area contributed by atoms with E-state index >= 15 is 0 Å². The van der Waals surface area contributed by atoms with Gasteiger partial charge in [0.05, 0.1) is 0 Å². The number of hydrogen-bond donors (Lipinski definition) is 0. The molecule has 1 aliphatic rings. The lowest BCUT2D eigenvalue weighted by atomic mass is 9.82. The molecule has 0 saturated carbocycles. The molecule has 7 aromatic rings. The van der Waals surface area contributed by atoms with Crippen molar-refractivity contribution in [3.63, 3.8) is 0 Å². The van der Waals surface area contributed by atoms with Gasteiger partial charge in [-0.05, 0) is 57.6 Å². The van der Waals surface area contributed by atoms with E-state index in [9.17, 15) is 4.57 Å². The van der Waals surface area contributed by atoms with Gasteiger partial charge in [0.15, 0.2) is 7.14 Å². The first-order valence-corrected chi connectivity index (χ1v) is 16.1. The third-order valence-corrected chi connectivity index (χ3v) is 12.1. The first-order valence-electron chi connectivity index (χ1n) is 14.4. The van der Waals surface area contributed by atoms with E-state index in [2.05, 4.69) is 80.6 Å². The Bertz CT molecular complexity index is 2130. The summed E-state index contributed by atoms with van der Waals surface area (Å²) in [6.07, 6.45) is 0. The van der Waals surface area contributed by atoms with Crippen LogP contribution in [0.4, 0.5) is 0 Å². The van der Waals surface area contributed by atoms with Crippen LogP contribution in [0, 0.1) is 0 Å². The zero-order valence-electron chi connectivity index (χ0n) is 23.5. The van der Waals surface area contributed by atoms with Gasteiger partial charge in [0.2, 0.25) is 0 Å². The Morgan fingerprint density at radius 1 is 0.500 bits per heavy atom. The molecule has 0 fully saturated rings. The maximum atomic E-state index is 14.7. The second-order valence-corrected chi connectivity index (χ2v) is 14.5. The van der Waals surface area contributed by atoms with E-state index in [1.165, 1.54) is 22.3 Å². The largest absolute Gasteiger partial charge is 0.456 e. The van der Waals surface area contributed by atoms with Crippen LogP contribution in [-0.4, -0.2) is 0 Å². The van der Waals surface area contributed by atoms with Gasteiger partial charge in [-0.3, -0.25) is 0 Å². The predicted molar refractivity (Wildman–Crippen MR) is 176 cm³/mol. The number of fused-ring (bicyclic) bond motifs is 6. The van der Waals surface area contributed by atoms with E-state index in [1.54, 1.807) is 0 Å². The summed E-state index contributed by atoms with van der Waals surface area (Å²) in [5, 5.41) is 4.76. The Morgan fingerprint density at radius 3 is 1.76 bits per heavy atom. The van der Waals surface area contributed by atoms with Crippen molar-refractivity contribution in [2.75, 3.05) is 0 Å². The SMILES string of the molecule is CC1(C)c2ccccc2-c2cc3c(cc21)oc1cc(-c2ccc(P(=O)(c4ccccc4)c4ccccc4)cc2)ccc13. The van der Waals surface area contributed by atoms with Crippen LogP contribution in [0.15, 0.2) is 144 Å². The molecule has 2 nitrogen and oxygen atoms in total. The highest BCUT2D eigenvalue weighted by atomic mass is 31.2. The highest BCUT2D eigenvalue weighted by molar-refractivity contribution is 7.85. The van der Waals surface area contributed by atoms with Crippen molar-refractivity contribution < 1.29 is 8.98 Å². The zero-order chi connectivity index (χ0) is 28.5. The third kappa shape index (κ3) is 3.62. The average molecular weight is 561 g/mol. The van der Waals surface area contributed by atoms with Crippen molar-refractivity contribution in [1.29, 1.82) is 0 Å². The fourth-order valence-electron chi connectivity index (χ4n) is 6.74. The normalized spacial score (nSPS) is 13.8. The van der Waals surface area contributed by atoms with Gasteiger partial charge in [0.25, 0.3) is 0 Å². The monoisotopic (exact) mass is 560 g/mol. The highest BCUT2D eigenvalue weighted by Crippen LogP contribution is 2.50. The maximum Gasteiger partial charge on any atom is 0.171 e. The van der Waals surface area contributed by atoms with Gasteiger partial charge >= 0.3 is 0 Å². The van der Waals surface area contributed by atoms with Crippen LogP contribution in [0.2, 0.25) is 0 Å². The van der Waals surface area contributed by atoms with Crippen molar-refractivity contribution >= 4 is 45.0 Å². The third-order valence-electron chi connectivity index (χ3n) is 8.98. The lowest BCUT2D eigenvalue weighted by Gasteiger charge is -2.21. The van der Waals surface area contributed by atoms with Crippen LogP contribution in [0.5, 0.6) is 0 Å². The summed E-state index contributed by atoms with van der Waals surface area (Å²) in [5.41, 5.74) is 9.15. The first-order chi connectivity index (χ1) is 20.4. The molecule has 1 heterocycles. The average Bonchev–Trinajstić information content (AvgIpc) is 3.51. The number of furan rings is 1. The number of rotatable bonds is 4. The van der Waals surface area contributed by atoms with Crippen LogP contribution in [0.3, 0.4) is 0 Å². The summed E-state index contributed by atoms with van der Waals surface area (Å²) in [5.74, 6) is 0. The van der Waals surface area contributed by atoms with Gasteiger partial charge in [-0.2, -0.15) is 0 Å². The zero-order valence-corrected chi connectivity index (χ0v) is 24.4. The molecule has 1 aromatic heterocycles. The summed E-state index contributed by atoms with van der Waals surface area (Å²) in [7, 11) is -3.01. The lowest BCUT2D eigenvalue weighted by Crippen LogP contribution is -2.24. The summed E-state index contributed by atoms with van der Waals surface area (Å²) in [6, 6.07) is 47.5. The first kappa shape index (κ1) is 25.1. The molecule has 0 N–H and O–H groups in total. The van der Waals surface area contributed by atoms with E-state index in [1.807, 2.05) is 72.8 Å². The Labute approximate surface area is 245 Å². The standard InChI is InChI=1S/C39H29O2P/c1-39(2)35-16-10-9-15-31(35)33-24-34-32-22-19-27(23-37(32)41-38(34)25-36(33)39)26-17-20-30(21-18-26)42(40,28-11-5-3-6-12-28)29-13-7-4-8-14-29/h3-25H,1-2H3. The van der Waals surface area contributed by atoms with Crippen molar-refractivity contribution in [2.45, 2.75) is 19.3 Å². The highest BCUT2D eigenvalue weighted by Gasteiger charge is 2.36. The molecular weight excluding hydrogens is 531 g/mol. The van der Waals surface area contributed by atoms with Gasteiger partial charge in [-0.25, -0.2) is 0 Å². The topological polar surface area (TPSA) is 30.2 Å². The molecule has 0 aliphatic heterocycles. The summed E-state index contributed by atoms with van der Waals surface area (Å²) in [6.45, 7) is 4.59. The summed E-state index contributed by atoms with van der Waals surface area (Å²) < 4.78 is 21.2. The van der Waals surface area contributed by atoms with Crippen LogP contribution in [0.25, 0.3) is 44.2 Å². The number of hydrogen-bond acceptors (Lipinski definition) is 2. The van der Waals surface area contributed by atoms with Gasteiger partial charge in [-0.1, -0.05) is 129 Å². The molecule has 0 radical (unpaired) electrons. The fraction of sp³-hybridized carbons (Fsp3) is 0.0769.